The van der Waals surface area contributed by atoms with Gasteiger partial charge in [0.05, 0.1) is 7.11 Å². The van der Waals surface area contributed by atoms with E-state index in [1.807, 2.05) is 24.3 Å². The van der Waals surface area contributed by atoms with E-state index < -0.39 is 0 Å². The van der Waals surface area contributed by atoms with Crippen molar-refractivity contribution in [1.29, 1.82) is 0 Å². The standard InChI is InChI=1S/C17H27NO2/c1-13(2)5-6-14(3)18-17(19)12-9-15-7-10-16(20-4)11-8-15/h7-8,10-11,13-14H,5-6,9,12H2,1-4H3,(H,18,19). The lowest BCUT2D eigenvalue weighted by molar-refractivity contribution is -0.121. The molecule has 0 aliphatic carbocycles. The highest BCUT2D eigenvalue weighted by Gasteiger charge is 2.08. The van der Waals surface area contributed by atoms with Gasteiger partial charge in [-0.15, -0.1) is 0 Å². The zero-order valence-electron chi connectivity index (χ0n) is 13.1. The van der Waals surface area contributed by atoms with Gasteiger partial charge in [-0.3, -0.25) is 4.79 Å². The molecule has 0 saturated heterocycles. The van der Waals surface area contributed by atoms with E-state index in [4.69, 9.17) is 4.74 Å². The summed E-state index contributed by atoms with van der Waals surface area (Å²) < 4.78 is 5.11. The Morgan fingerprint density at radius 3 is 2.35 bits per heavy atom. The molecule has 1 atom stereocenters. The molecule has 0 bridgehead atoms. The van der Waals surface area contributed by atoms with Gasteiger partial charge < -0.3 is 10.1 Å². The fourth-order valence-electron chi connectivity index (χ4n) is 2.05. The minimum atomic E-state index is 0.136. The van der Waals surface area contributed by atoms with Crippen LogP contribution >= 0.6 is 0 Å². The SMILES string of the molecule is COc1ccc(CCC(=O)NC(C)CCC(C)C)cc1. The molecule has 1 amide bonds. The summed E-state index contributed by atoms with van der Waals surface area (Å²) in [6.07, 6.45) is 3.51. The number of rotatable bonds is 8. The van der Waals surface area contributed by atoms with Crippen molar-refractivity contribution in [1.82, 2.24) is 5.32 Å². The maximum absolute atomic E-state index is 11.9. The summed E-state index contributed by atoms with van der Waals surface area (Å²) in [4.78, 5) is 11.9. The van der Waals surface area contributed by atoms with Gasteiger partial charge >= 0.3 is 0 Å². The first-order valence-corrected chi connectivity index (χ1v) is 7.43. The number of hydrogen-bond donors (Lipinski definition) is 1. The summed E-state index contributed by atoms with van der Waals surface area (Å²) >= 11 is 0. The lowest BCUT2D eigenvalue weighted by Gasteiger charge is -2.15. The number of methoxy groups -OCH3 is 1. The van der Waals surface area contributed by atoms with Crippen LogP contribution in [0.1, 0.15) is 45.6 Å². The number of aryl methyl sites for hydroxylation is 1. The van der Waals surface area contributed by atoms with Gasteiger partial charge in [-0.1, -0.05) is 26.0 Å². The fourth-order valence-corrected chi connectivity index (χ4v) is 2.05. The molecule has 0 aromatic heterocycles. The molecule has 3 nitrogen and oxygen atoms in total. The quantitative estimate of drug-likeness (QED) is 0.789. The number of carbonyl (C=O) groups excluding carboxylic acids is 1. The number of carbonyl (C=O) groups is 1. The Bertz CT molecular complexity index is 398. The largest absolute Gasteiger partial charge is 0.497 e. The highest BCUT2D eigenvalue weighted by atomic mass is 16.5. The van der Waals surface area contributed by atoms with Gasteiger partial charge in [-0.25, -0.2) is 0 Å². The lowest BCUT2D eigenvalue weighted by atomic mass is 10.0. The zero-order chi connectivity index (χ0) is 15.0. The molecule has 112 valence electrons. The third kappa shape index (κ3) is 6.60. The molecule has 0 aliphatic rings. The molecular formula is C17H27NO2. The second kappa shape index (κ2) is 8.62. The van der Waals surface area contributed by atoms with Crippen LogP contribution in [0.4, 0.5) is 0 Å². The number of nitrogens with one attached hydrogen (secondary N) is 1. The molecule has 1 aromatic carbocycles. The molecule has 3 heteroatoms. The van der Waals surface area contributed by atoms with E-state index >= 15 is 0 Å². The molecule has 1 rings (SSSR count). The van der Waals surface area contributed by atoms with Crippen molar-refractivity contribution >= 4 is 5.91 Å². The Kier molecular flexibility index (Phi) is 7.13. The number of benzene rings is 1. The van der Waals surface area contributed by atoms with E-state index in [-0.39, 0.29) is 11.9 Å². The normalized spacial score (nSPS) is 12.2. The first-order valence-electron chi connectivity index (χ1n) is 7.43. The second-order valence-corrected chi connectivity index (χ2v) is 5.79. The first kappa shape index (κ1) is 16.5. The summed E-state index contributed by atoms with van der Waals surface area (Å²) in [5, 5.41) is 3.06. The lowest BCUT2D eigenvalue weighted by Crippen LogP contribution is -2.32. The minimum absolute atomic E-state index is 0.136. The van der Waals surface area contributed by atoms with Crippen molar-refractivity contribution < 1.29 is 9.53 Å². The maximum Gasteiger partial charge on any atom is 0.220 e. The fraction of sp³-hybridized carbons (Fsp3) is 0.588. The van der Waals surface area contributed by atoms with E-state index in [1.54, 1.807) is 7.11 Å². The van der Waals surface area contributed by atoms with Crippen molar-refractivity contribution in [3.63, 3.8) is 0 Å². The molecular weight excluding hydrogens is 250 g/mol. The first-order chi connectivity index (χ1) is 9.51. The van der Waals surface area contributed by atoms with Crippen LogP contribution in [0.5, 0.6) is 5.75 Å². The van der Waals surface area contributed by atoms with Crippen LogP contribution < -0.4 is 10.1 Å². The van der Waals surface area contributed by atoms with E-state index in [2.05, 4.69) is 26.1 Å². The van der Waals surface area contributed by atoms with E-state index in [9.17, 15) is 4.79 Å². The molecule has 0 saturated carbocycles. The molecule has 1 N–H and O–H groups in total. The minimum Gasteiger partial charge on any atom is -0.497 e. The molecule has 0 aliphatic heterocycles. The molecule has 0 heterocycles. The van der Waals surface area contributed by atoms with Gasteiger partial charge in [0.2, 0.25) is 5.91 Å². The monoisotopic (exact) mass is 277 g/mol. The van der Waals surface area contributed by atoms with E-state index in [1.165, 1.54) is 0 Å². The summed E-state index contributed by atoms with van der Waals surface area (Å²) in [5.41, 5.74) is 1.16. The van der Waals surface area contributed by atoms with Gasteiger partial charge in [-0.05, 0) is 49.8 Å². The van der Waals surface area contributed by atoms with Crippen LogP contribution in [0, 0.1) is 5.92 Å². The maximum atomic E-state index is 11.9. The second-order valence-electron chi connectivity index (χ2n) is 5.79. The molecule has 1 unspecified atom stereocenters. The molecule has 1 aromatic rings. The zero-order valence-corrected chi connectivity index (χ0v) is 13.1. The number of hydrogen-bond acceptors (Lipinski definition) is 2. The highest BCUT2D eigenvalue weighted by molar-refractivity contribution is 5.76. The average Bonchev–Trinajstić information content (AvgIpc) is 2.43. The van der Waals surface area contributed by atoms with Crippen molar-refractivity contribution in [2.75, 3.05) is 7.11 Å². The summed E-state index contributed by atoms with van der Waals surface area (Å²) in [6.45, 7) is 6.49. The van der Waals surface area contributed by atoms with Crippen molar-refractivity contribution in [3.05, 3.63) is 29.8 Å². The predicted molar refractivity (Wildman–Crippen MR) is 83.0 cm³/mol. The summed E-state index contributed by atoms with van der Waals surface area (Å²) in [7, 11) is 1.65. The van der Waals surface area contributed by atoms with Crippen LogP contribution in [-0.4, -0.2) is 19.1 Å². The summed E-state index contributed by atoms with van der Waals surface area (Å²) in [5.74, 6) is 1.67. The van der Waals surface area contributed by atoms with Crippen molar-refractivity contribution in [2.24, 2.45) is 5.92 Å². The van der Waals surface area contributed by atoms with Crippen LogP contribution in [0.15, 0.2) is 24.3 Å². The average molecular weight is 277 g/mol. The van der Waals surface area contributed by atoms with Crippen molar-refractivity contribution in [2.45, 2.75) is 52.5 Å². The van der Waals surface area contributed by atoms with Gasteiger partial charge in [0.25, 0.3) is 0 Å². The number of ether oxygens (including phenoxy) is 1. The van der Waals surface area contributed by atoms with Crippen LogP contribution in [0.3, 0.4) is 0 Å². The Labute approximate surface area is 122 Å². The molecule has 0 fully saturated rings. The topological polar surface area (TPSA) is 38.3 Å². The van der Waals surface area contributed by atoms with Gasteiger partial charge in [0.1, 0.15) is 5.75 Å². The molecule has 0 spiro atoms. The third-order valence-electron chi connectivity index (χ3n) is 3.38. The molecule has 0 radical (unpaired) electrons. The van der Waals surface area contributed by atoms with Crippen LogP contribution in [-0.2, 0) is 11.2 Å². The summed E-state index contributed by atoms with van der Waals surface area (Å²) in [6, 6.07) is 8.14. The Balaban J connectivity index is 2.28. The molecule has 20 heavy (non-hydrogen) atoms. The number of amides is 1. The van der Waals surface area contributed by atoms with Crippen LogP contribution in [0.25, 0.3) is 0 Å². The predicted octanol–water partition coefficient (Wildman–Crippen LogP) is 3.57. The Hall–Kier alpha value is -1.51. The van der Waals surface area contributed by atoms with Gasteiger partial charge in [0.15, 0.2) is 0 Å². The highest BCUT2D eigenvalue weighted by Crippen LogP contribution is 2.12. The third-order valence-corrected chi connectivity index (χ3v) is 3.38. The van der Waals surface area contributed by atoms with Crippen LogP contribution in [0.2, 0.25) is 0 Å². The smallest absolute Gasteiger partial charge is 0.220 e. The van der Waals surface area contributed by atoms with Gasteiger partial charge in [0, 0.05) is 12.5 Å². The Morgan fingerprint density at radius 1 is 1.15 bits per heavy atom. The van der Waals surface area contributed by atoms with Gasteiger partial charge in [-0.2, -0.15) is 0 Å². The van der Waals surface area contributed by atoms with Crippen molar-refractivity contribution in [3.8, 4) is 5.75 Å². The van der Waals surface area contributed by atoms with E-state index in [0.717, 1.165) is 30.6 Å². The van der Waals surface area contributed by atoms with E-state index in [0.29, 0.717) is 12.3 Å². The Morgan fingerprint density at radius 2 is 1.80 bits per heavy atom.